The number of thiazole rings is 1. The van der Waals surface area contributed by atoms with Crippen LogP contribution in [0.4, 0.5) is 0 Å². The van der Waals surface area contributed by atoms with Gasteiger partial charge < -0.3 is 5.32 Å². The molecule has 1 N–H and O–H groups in total. The highest BCUT2D eigenvalue weighted by molar-refractivity contribution is 7.09. The molecule has 0 bridgehead atoms. The largest absolute Gasteiger partial charge is 0.314 e. The maximum Gasteiger partial charge on any atom is 0.0931 e. The molecule has 2 rings (SSSR count). The molecule has 0 radical (unpaired) electrons. The summed E-state index contributed by atoms with van der Waals surface area (Å²) in [5, 5.41) is 7.53. The van der Waals surface area contributed by atoms with E-state index in [4.69, 9.17) is 11.6 Å². The van der Waals surface area contributed by atoms with E-state index in [-0.39, 0.29) is 0 Å². The molecule has 0 amide bonds. The molecule has 1 aromatic carbocycles. The predicted molar refractivity (Wildman–Crippen MR) is 83.1 cm³/mol. The van der Waals surface area contributed by atoms with E-state index in [1.54, 1.807) is 11.3 Å². The van der Waals surface area contributed by atoms with Crippen molar-refractivity contribution >= 4 is 22.9 Å². The maximum atomic E-state index is 6.33. The van der Waals surface area contributed by atoms with Crippen molar-refractivity contribution in [2.75, 3.05) is 6.54 Å². The number of aromatic nitrogens is 1. The van der Waals surface area contributed by atoms with Crippen LogP contribution in [0, 0.1) is 0 Å². The molecule has 2 nitrogen and oxygen atoms in total. The van der Waals surface area contributed by atoms with Crippen LogP contribution in [0.3, 0.4) is 0 Å². The normalized spacial score (nSPS) is 12.8. The average molecular weight is 295 g/mol. The topological polar surface area (TPSA) is 24.9 Å². The number of benzene rings is 1. The van der Waals surface area contributed by atoms with Crippen molar-refractivity contribution in [2.45, 2.75) is 32.2 Å². The standard InChI is InChI=1S/C15H19ClN2S/c1-11(2)18-10-12(9-15-17-7-8-19-15)13-5-3-4-6-14(13)16/h3-8,11-12,18H,9-10H2,1-2H3. The molecule has 1 atom stereocenters. The summed E-state index contributed by atoms with van der Waals surface area (Å²) in [6.45, 7) is 5.24. The van der Waals surface area contributed by atoms with Crippen molar-refractivity contribution < 1.29 is 0 Å². The fraction of sp³-hybridized carbons (Fsp3) is 0.400. The van der Waals surface area contributed by atoms with Crippen LogP contribution in [-0.4, -0.2) is 17.6 Å². The third-order valence-electron chi connectivity index (χ3n) is 3.02. The van der Waals surface area contributed by atoms with E-state index < -0.39 is 0 Å². The van der Waals surface area contributed by atoms with Crippen molar-refractivity contribution in [3.63, 3.8) is 0 Å². The summed E-state index contributed by atoms with van der Waals surface area (Å²) in [5.41, 5.74) is 1.20. The van der Waals surface area contributed by atoms with Gasteiger partial charge in [-0.3, -0.25) is 0 Å². The van der Waals surface area contributed by atoms with Crippen LogP contribution in [0.5, 0.6) is 0 Å². The second-order valence-corrected chi connectivity index (χ2v) is 6.30. The molecule has 0 saturated heterocycles. The molecule has 0 aliphatic rings. The minimum Gasteiger partial charge on any atom is -0.314 e. The number of nitrogens with zero attached hydrogens (tertiary/aromatic N) is 1. The first kappa shape index (κ1) is 14.5. The van der Waals surface area contributed by atoms with Crippen molar-refractivity contribution in [1.29, 1.82) is 0 Å². The highest BCUT2D eigenvalue weighted by atomic mass is 35.5. The molecule has 1 aromatic heterocycles. The summed E-state index contributed by atoms with van der Waals surface area (Å²) < 4.78 is 0. The quantitative estimate of drug-likeness (QED) is 0.867. The number of hydrogen-bond acceptors (Lipinski definition) is 3. The maximum absolute atomic E-state index is 6.33. The number of hydrogen-bond donors (Lipinski definition) is 1. The zero-order valence-corrected chi connectivity index (χ0v) is 12.8. The van der Waals surface area contributed by atoms with Crippen LogP contribution in [0.15, 0.2) is 35.8 Å². The minimum atomic E-state index is 0.363. The Morgan fingerprint density at radius 1 is 1.32 bits per heavy atom. The highest BCUT2D eigenvalue weighted by Gasteiger charge is 2.16. The number of rotatable bonds is 6. The number of halogens is 1. The monoisotopic (exact) mass is 294 g/mol. The van der Waals surface area contributed by atoms with E-state index in [0.29, 0.717) is 12.0 Å². The van der Waals surface area contributed by atoms with Crippen LogP contribution in [0.2, 0.25) is 5.02 Å². The first-order valence-corrected chi connectivity index (χ1v) is 7.78. The fourth-order valence-electron chi connectivity index (χ4n) is 2.04. The SMILES string of the molecule is CC(C)NCC(Cc1nccs1)c1ccccc1Cl. The van der Waals surface area contributed by atoms with Crippen molar-refractivity contribution in [2.24, 2.45) is 0 Å². The molecule has 0 aliphatic carbocycles. The van der Waals surface area contributed by atoms with E-state index in [0.717, 1.165) is 23.0 Å². The third kappa shape index (κ3) is 4.30. The van der Waals surface area contributed by atoms with Gasteiger partial charge in [-0.1, -0.05) is 43.6 Å². The van der Waals surface area contributed by atoms with Crippen LogP contribution in [0.1, 0.15) is 30.3 Å². The summed E-state index contributed by atoms with van der Waals surface area (Å²) in [4.78, 5) is 4.39. The molecule has 19 heavy (non-hydrogen) atoms. The Morgan fingerprint density at radius 2 is 2.11 bits per heavy atom. The van der Waals surface area contributed by atoms with Gasteiger partial charge in [0.05, 0.1) is 5.01 Å². The third-order valence-corrected chi connectivity index (χ3v) is 4.17. The Morgan fingerprint density at radius 3 is 2.74 bits per heavy atom. The second kappa shape index (κ2) is 7.04. The van der Waals surface area contributed by atoms with Crippen LogP contribution in [0.25, 0.3) is 0 Å². The Hall–Kier alpha value is -0.900. The smallest absolute Gasteiger partial charge is 0.0931 e. The molecule has 4 heteroatoms. The summed E-state index contributed by atoms with van der Waals surface area (Å²) in [6, 6.07) is 8.57. The van der Waals surface area contributed by atoms with Crippen molar-refractivity contribution in [3.05, 3.63) is 51.4 Å². The van der Waals surface area contributed by atoms with Gasteiger partial charge in [-0.15, -0.1) is 11.3 Å². The second-order valence-electron chi connectivity index (χ2n) is 4.91. The molecule has 102 valence electrons. The molecule has 2 aromatic rings. The first-order chi connectivity index (χ1) is 9.16. The summed E-state index contributed by atoms with van der Waals surface area (Å²) >= 11 is 8.03. The van der Waals surface area contributed by atoms with E-state index in [9.17, 15) is 0 Å². The van der Waals surface area contributed by atoms with Gasteiger partial charge in [0.2, 0.25) is 0 Å². The fourth-order valence-corrected chi connectivity index (χ4v) is 3.03. The zero-order chi connectivity index (χ0) is 13.7. The zero-order valence-electron chi connectivity index (χ0n) is 11.3. The van der Waals surface area contributed by atoms with Gasteiger partial charge in [0, 0.05) is 41.5 Å². The van der Waals surface area contributed by atoms with E-state index in [1.165, 1.54) is 5.56 Å². The van der Waals surface area contributed by atoms with Gasteiger partial charge in [0.1, 0.15) is 0 Å². The number of nitrogens with one attached hydrogen (secondary N) is 1. The van der Waals surface area contributed by atoms with Gasteiger partial charge in [0.25, 0.3) is 0 Å². The highest BCUT2D eigenvalue weighted by Crippen LogP contribution is 2.27. The predicted octanol–water partition coefficient (Wildman–Crippen LogP) is 4.12. The summed E-state index contributed by atoms with van der Waals surface area (Å²) in [6.07, 6.45) is 2.79. The molecular weight excluding hydrogens is 276 g/mol. The van der Waals surface area contributed by atoms with E-state index >= 15 is 0 Å². The summed E-state index contributed by atoms with van der Waals surface area (Å²) in [5.74, 6) is 0.363. The summed E-state index contributed by atoms with van der Waals surface area (Å²) in [7, 11) is 0. The Balaban J connectivity index is 2.16. The lowest BCUT2D eigenvalue weighted by Crippen LogP contribution is -2.29. The minimum absolute atomic E-state index is 0.363. The Labute approximate surface area is 123 Å². The molecular formula is C15H19ClN2S. The van der Waals surface area contributed by atoms with Gasteiger partial charge in [-0.05, 0) is 11.6 Å². The lowest BCUT2D eigenvalue weighted by atomic mass is 9.95. The van der Waals surface area contributed by atoms with Gasteiger partial charge in [-0.25, -0.2) is 4.98 Å². The molecule has 0 fully saturated rings. The van der Waals surface area contributed by atoms with Crippen LogP contribution >= 0.6 is 22.9 Å². The lowest BCUT2D eigenvalue weighted by Gasteiger charge is -2.20. The Bertz CT molecular complexity index is 497. The van der Waals surface area contributed by atoms with Gasteiger partial charge in [0.15, 0.2) is 0 Å². The molecule has 0 spiro atoms. The van der Waals surface area contributed by atoms with Crippen molar-refractivity contribution in [1.82, 2.24) is 10.3 Å². The Kier molecular flexibility index (Phi) is 5.37. The van der Waals surface area contributed by atoms with Gasteiger partial charge >= 0.3 is 0 Å². The average Bonchev–Trinajstić information content (AvgIpc) is 2.88. The van der Waals surface area contributed by atoms with Gasteiger partial charge in [-0.2, -0.15) is 0 Å². The van der Waals surface area contributed by atoms with E-state index in [2.05, 4.69) is 30.2 Å². The van der Waals surface area contributed by atoms with E-state index in [1.807, 2.05) is 29.8 Å². The molecule has 1 heterocycles. The molecule has 1 unspecified atom stereocenters. The molecule has 0 saturated carbocycles. The molecule has 0 aliphatic heterocycles. The first-order valence-electron chi connectivity index (χ1n) is 6.53. The van der Waals surface area contributed by atoms with Crippen LogP contribution < -0.4 is 5.32 Å². The lowest BCUT2D eigenvalue weighted by molar-refractivity contribution is 0.526. The van der Waals surface area contributed by atoms with Crippen LogP contribution in [-0.2, 0) is 6.42 Å². The van der Waals surface area contributed by atoms with Crippen molar-refractivity contribution in [3.8, 4) is 0 Å².